The van der Waals surface area contributed by atoms with Crippen LogP contribution >= 0.6 is 15.9 Å². The second-order valence-corrected chi connectivity index (χ2v) is 4.02. The molecule has 1 heterocycles. The molecule has 0 amide bonds. The van der Waals surface area contributed by atoms with Gasteiger partial charge in [-0.1, -0.05) is 15.9 Å². The average Bonchev–Trinajstić information content (AvgIpc) is 2.32. The van der Waals surface area contributed by atoms with E-state index in [4.69, 9.17) is 9.84 Å². The van der Waals surface area contributed by atoms with Gasteiger partial charge in [-0.05, 0) is 24.3 Å². The Morgan fingerprint density at radius 3 is 2.65 bits per heavy atom. The standard InChI is InChI=1S/C11H7BrN2O3/c12-7-1-3-8(4-2-7)17-10-9(11(15)16)5-13-6-14-10/h1-6H,(H,15,16). The predicted octanol–water partition coefficient (Wildman–Crippen LogP) is 2.73. The van der Waals surface area contributed by atoms with Crippen molar-refractivity contribution in [1.29, 1.82) is 0 Å². The van der Waals surface area contributed by atoms with Gasteiger partial charge >= 0.3 is 5.97 Å². The van der Waals surface area contributed by atoms with Crippen molar-refractivity contribution in [2.75, 3.05) is 0 Å². The highest BCUT2D eigenvalue weighted by Gasteiger charge is 2.13. The van der Waals surface area contributed by atoms with E-state index < -0.39 is 5.97 Å². The Morgan fingerprint density at radius 2 is 2.00 bits per heavy atom. The molecule has 1 N–H and O–H groups in total. The van der Waals surface area contributed by atoms with Crippen LogP contribution in [-0.4, -0.2) is 21.0 Å². The number of hydrogen-bond donors (Lipinski definition) is 1. The fraction of sp³-hybridized carbons (Fsp3) is 0. The van der Waals surface area contributed by atoms with Crippen LogP contribution in [0.4, 0.5) is 0 Å². The Hall–Kier alpha value is -1.95. The number of benzene rings is 1. The highest BCUT2D eigenvalue weighted by molar-refractivity contribution is 9.10. The number of halogens is 1. The van der Waals surface area contributed by atoms with Gasteiger partial charge in [0.15, 0.2) is 0 Å². The van der Waals surface area contributed by atoms with E-state index in [0.717, 1.165) is 4.47 Å². The van der Waals surface area contributed by atoms with E-state index in [2.05, 4.69) is 25.9 Å². The summed E-state index contributed by atoms with van der Waals surface area (Å²) in [5.41, 5.74) is -0.0737. The Balaban J connectivity index is 2.30. The highest BCUT2D eigenvalue weighted by Crippen LogP contribution is 2.23. The number of aromatic carboxylic acids is 1. The van der Waals surface area contributed by atoms with E-state index in [1.165, 1.54) is 12.5 Å². The number of ether oxygens (including phenoxy) is 1. The molecular formula is C11H7BrN2O3. The van der Waals surface area contributed by atoms with E-state index in [-0.39, 0.29) is 11.4 Å². The molecule has 0 radical (unpaired) electrons. The van der Waals surface area contributed by atoms with E-state index in [1.54, 1.807) is 24.3 Å². The highest BCUT2D eigenvalue weighted by atomic mass is 79.9. The second-order valence-electron chi connectivity index (χ2n) is 3.10. The molecule has 1 aromatic heterocycles. The van der Waals surface area contributed by atoms with Gasteiger partial charge in [0.05, 0.1) is 0 Å². The number of nitrogens with zero attached hydrogens (tertiary/aromatic N) is 2. The molecule has 86 valence electrons. The summed E-state index contributed by atoms with van der Waals surface area (Å²) >= 11 is 3.29. The zero-order chi connectivity index (χ0) is 12.3. The number of carboxylic acids is 1. The zero-order valence-corrected chi connectivity index (χ0v) is 10.1. The van der Waals surface area contributed by atoms with Crippen LogP contribution in [0.25, 0.3) is 0 Å². The number of aromatic nitrogens is 2. The third-order valence-corrected chi connectivity index (χ3v) is 2.46. The summed E-state index contributed by atoms with van der Waals surface area (Å²) in [6.07, 6.45) is 2.43. The van der Waals surface area contributed by atoms with Crippen molar-refractivity contribution in [3.05, 3.63) is 46.8 Å². The Kier molecular flexibility index (Phi) is 3.34. The van der Waals surface area contributed by atoms with Gasteiger partial charge in [-0.3, -0.25) is 0 Å². The van der Waals surface area contributed by atoms with Crippen LogP contribution in [0.3, 0.4) is 0 Å². The van der Waals surface area contributed by atoms with Gasteiger partial charge in [0, 0.05) is 10.7 Å². The Labute approximate surface area is 105 Å². The first-order valence-corrected chi connectivity index (χ1v) is 5.43. The van der Waals surface area contributed by atoms with Crippen LogP contribution in [-0.2, 0) is 0 Å². The van der Waals surface area contributed by atoms with Gasteiger partial charge in [-0.15, -0.1) is 0 Å². The normalized spacial score (nSPS) is 9.94. The van der Waals surface area contributed by atoms with E-state index in [0.29, 0.717) is 5.75 Å². The van der Waals surface area contributed by atoms with Crippen molar-refractivity contribution in [2.24, 2.45) is 0 Å². The lowest BCUT2D eigenvalue weighted by atomic mass is 10.3. The third kappa shape index (κ3) is 2.79. The van der Waals surface area contributed by atoms with Gasteiger partial charge in [-0.25, -0.2) is 14.8 Å². The second kappa shape index (κ2) is 4.92. The monoisotopic (exact) mass is 294 g/mol. The first-order chi connectivity index (χ1) is 8.16. The van der Waals surface area contributed by atoms with Crippen LogP contribution in [0.1, 0.15) is 10.4 Å². The Morgan fingerprint density at radius 1 is 1.29 bits per heavy atom. The molecule has 2 rings (SSSR count). The zero-order valence-electron chi connectivity index (χ0n) is 8.50. The minimum atomic E-state index is -1.13. The molecular weight excluding hydrogens is 288 g/mol. The maximum Gasteiger partial charge on any atom is 0.342 e. The Bertz CT molecular complexity index is 543. The van der Waals surface area contributed by atoms with Gasteiger partial charge in [0.1, 0.15) is 17.6 Å². The quantitative estimate of drug-likeness (QED) is 0.942. The lowest BCUT2D eigenvalue weighted by molar-refractivity contribution is 0.0693. The summed E-state index contributed by atoms with van der Waals surface area (Å²) in [5.74, 6) is -0.595. The largest absolute Gasteiger partial charge is 0.477 e. The summed E-state index contributed by atoms with van der Waals surface area (Å²) in [4.78, 5) is 18.3. The van der Waals surface area contributed by atoms with Crippen LogP contribution < -0.4 is 4.74 Å². The van der Waals surface area contributed by atoms with Crippen molar-refractivity contribution >= 4 is 21.9 Å². The smallest absolute Gasteiger partial charge is 0.342 e. The number of hydrogen-bond acceptors (Lipinski definition) is 4. The predicted molar refractivity (Wildman–Crippen MR) is 63.2 cm³/mol. The molecule has 17 heavy (non-hydrogen) atoms. The number of carboxylic acid groups (broad SMARTS) is 1. The molecule has 6 heteroatoms. The molecule has 0 unspecified atom stereocenters. The third-order valence-electron chi connectivity index (χ3n) is 1.93. The lowest BCUT2D eigenvalue weighted by Gasteiger charge is -2.06. The number of rotatable bonds is 3. The molecule has 1 aromatic carbocycles. The van der Waals surface area contributed by atoms with Gasteiger partial charge in [-0.2, -0.15) is 0 Å². The molecule has 0 aliphatic rings. The molecule has 5 nitrogen and oxygen atoms in total. The average molecular weight is 295 g/mol. The first kappa shape index (κ1) is 11.5. The van der Waals surface area contributed by atoms with Crippen LogP contribution in [0.2, 0.25) is 0 Å². The lowest BCUT2D eigenvalue weighted by Crippen LogP contribution is -2.02. The summed E-state index contributed by atoms with van der Waals surface area (Å²) < 4.78 is 6.28. The molecule has 0 saturated carbocycles. The molecule has 0 atom stereocenters. The van der Waals surface area contributed by atoms with Gasteiger partial charge in [0.25, 0.3) is 0 Å². The van der Waals surface area contributed by atoms with Crippen molar-refractivity contribution < 1.29 is 14.6 Å². The maximum atomic E-state index is 10.9. The SMILES string of the molecule is O=C(O)c1cncnc1Oc1ccc(Br)cc1. The van der Waals surface area contributed by atoms with Crippen molar-refractivity contribution in [1.82, 2.24) is 9.97 Å². The van der Waals surface area contributed by atoms with Gasteiger partial charge in [0.2, 0.25) is 5.88 Å². The van der Waals surface area contributed by atoms with E-state index in [9.17, 15) is 4.79 Å². The fourth-order valence-corrected chi connectivity index (χ4v) is 1.43. The molecule has 0 saturated heterocycles. The fourth-order valence-electron chi connectivity index (χ4n) is 1.16. The van der Waals surface area contributed by atoms with Crippen LogP contribution in [0, 0.1) is 0 Å². The summed E-state index contributed by atoms with van der Waals surface area (Å²) in [6.45, 7) is 0. The summed E-state index contributed by atoms with van der Waals surface area (Å²) in [6, 6.07) is 6.99. The molecule has 0 bridgehead atoms. The summed E-state index contributed by atoms with van der Waals surface area (Å²) in [5, 5.41) is 8.92. The van der Waals surface area contributed by atoms with E-state index in [1.807, 2.05) is 0 Å². The molecule has 0 fully saturated rings. The molecule has 0 aliphatic carbocycles. The minimum Gasteiger partial charge on any atom is -0.477 e. The summed E-state index contributed by atoms with van der Waals surface area (Å²) in [7, 11) is 0. The maximum absolute atomic E-state index is 10.9. The van der Waals surface area contributed by atoms with Crippen LogP contribution in [0.15, 0.2) is 41.3 Å². The first-order valence-electron chi connectivity index (χ1n) is 4.63. The van der Waals surface area contributed by atoms with Crippen LogP contribution in [0.5, 0.6) is 11.6 Å². The van der Waals surface area contributed by atoms with Crippen molar-refractivity contribution in [2.45, 2.75) is 0 Å². The van der Waals surface area contributed by atoms with E-state index >= 15 is 0 Å². The van der Waals surface area contributed by atoms with Crippen molar-refractivity contribution in [3.8, 4) is 11.6 Å². The molecule has 0 aliphatic heterocycles. The molecule has 2 aromatic rings. The minimum absolute atomic E-state index is 0.0230. The number of carbonyl (C=O) groups is 1. The topological polar surface area (TPSA) is 72.3 Å². The van der Waals surface area contributed by atoms with Gasteiger partial charge < -0.3 is 9.84 Å². The van der Waals surface area contributed by atoms with Crippen molar-refractivity contribution in [3.63, 3.8) is 0 Å². The molecule has 0 spiro atoms.